The zero-order chi connectivity index (χ0) is 13.9. The predicted molar refractivity (Wildman–Crippen MR) is 75.8 cm³/mol. The molecule has 0 amide bonds. The first-order valence-corrected chi connectivity index (χ1v) is 6.41. The highest BCUT2D eigenvalue weighted by molar-refractivity contribution is 6.34. The lowest BCUT2D eigenvalue weighted by molar-refractivity contribution is 0.103. The summed E-state index contributed by atoms with van der Waals surface area (Å²) in [6.45, 7) is 0. The number of ketones is 1. The van der Waals surface area contributed by atoms with E-state index in [1.807, 2.05) is 0 Å². The van der Waals surface area contributed by atoms with Gasteiger partial charge in [0.2, 0.25) is 5.78 Å². The molecule has 2 heterocycles. The average Bonchev–Trinajstić information content (AvgIpc) is 2.75. The minimum absolute atomic E-state index is 0.122. The van der Waals surface area contributed by atoms with Gasteiger partial charge in [0.05, 0.1) is 27.2 Å². The third kappa shape index (κ3) is 1.29. The van der Waals surface area contributed by atoms with E-state index in [1.54, 1.807) is 42.5 Å². The first kappa shape index (κ1) is 11.4. The Labute approximate surface area is 118 Å². The Morgan fingerprint density at radius 2 is 1.80 bits per heavy atom. The van der Waals surface area contributed by atoms with Gasteiger partial charge in [-0.15, -0.1) is 0 Å². The maximum absolute atomic E-state index is 12.6. The molecule has 5 heteroatoms. The molecular formula is C15H7ClN2O2. The summed E-state index contributed by atoms with van der Waals surface area (Å²) < 4.78 is 1.31. The van der Waals surface area contributed by atoms with Crippen molar-refractivity contribution in [3.63, 3.8) is 0 Å². The fraction of sp³-hybridized carbons (Fsp3) is 0. The maximum atomic E-state index is 12.6. The molecule has 0 saturated heterocycles. The van der Waals surface area contributed by atoms with Gasteiger partial charge < -0.3 is 0 Å². The summed E-state index contributed by atoms with van der Waals surface area (Å²) in [5, 5.41) is 0.839. The van der Waals surface area contributed by atoms with Crippen molar-refractivity contribution in [3.05, 3.63) is 69.2 Å². The molecule has 0 unspecified atom stereocenters. The number of hydrogen-bond acceptors (Lipinski definition) is 3. The summed E-state index contributed by atoms with van der Waals surface area (Å²) in [6, 6.07) is 12.0. The Hall–Kier alpha value is -2.46. The monoisotopic (exact) mass is 282 g/mol. The van der Waals surface area contributed by atoms with E-state index in [9.17, 15) is 9.59 Å². The Morgan fingerprint density at radius 1 is 1.00 bits per heavy atom. The Kier molecular flexibility index (Phi) is 2.15. The van der Waals surface area contributed by atoms with Gasteiger partial charge in [0.25, 0.3) is 5.56 Å². The summed E-state index contributed by atoms with van der Waals surface area (Å²) in [5.74, 6) is -0.151. The number of rotatable bonds is 0. The lowest BCUT2D eigenvalue weighted by atomic mass is 10.1. The average molecular weight is 283 g/mol. The molecule has 1 aliphatic heterocycles. The number of carbonyl (C=O) groups excluding carboxylic acids is 1. The van der Waals surface area contributed by atoms with Crippen molar-refractivity contribution < 1.29 is 4.79 Å². The molecule has 0 aliphatic carbocycles. The van der Waals surface area contributed by atoms with Crippen LogP contribution in [0.4, 0.5) is 0 Å². The van der Waals surface area contributed by atoms with Crippen LogP contribution in [-0.4, -0.2) is 15.3 Å². The number of aromatic nitrogens is 2. The van der Waals surface area contributed by atoms with E-state index >= 15 is 0 Å². The molecule has 96 valence electrons. The number of halogens is 1. The van der Waals surface area contributed by atoms with Crippen LogP contribution in [0.15, 0.2) is 47.3 Å². The fourth-order valence-corrected chi connectivity index (χ4v) is 2.80. The van der Waals surface area contributed by atoms with Gasteiger partial charge in [-0.3, -0.25) is 14.2 Å². The summed E-state index contributed by atoms with van der Waals surface area (Å²) in [6.07, 6.45) is 0. The highest BCUT2D eigenvalue weighted by Gasteiger charge is 2.31. The molecule has 0 atom stereocenters. The second kappa shape index (κ2) is 3.77. The van der Waals surface area contributed by atoms with Crippen molar-refractivity contribution in [3.8, 4) is 5.69 Å². The van der Waals surface area contributed by atoms with E-state index < -0.39 is 0 Å². The molecule has 0 spiro atoms. The number of carbonyl (C=O) groups is 1. The SMILES string of the molecule is O=C1c2cccc(Cl)c2-n2c1nc1ccccc1c2=O. The van der Waals surface area contributed by atoms with E-state index in [1.165, 1.54) is 4.57 Å². The van der Waals surface area contributed by atoms with Gasteiger partial charge in [0, 0.05) is 0 Å². The number of hydrogen-bond donors (Lipinski definition) is 0. The Balaban J connectivity index is 2.25. The standard InChI is InChI=1S/C15H7ClN2O2/c16-10-6-3-5-9-12(10)18-14(13(9)19)17-11-7-2-1-4-8(11)15(18)20/h1-7H. The second-order valence-electron chi connectivity index (χ2n) is 4.56. The smallest absolute Gasteiger partial charge is 0.266 e. The Morgan fingerprint density at radius 3 is 2.65 bits per heavy atom. The highest BCUT2D eigenvalue weighted by Crippen LogP contribution is 2.31. The van der Waals surface area contributed by atoms with Crippen molar-refractivity contribution in [2.75, 3.05) is 0 Å². The molecule has 3 aromatic rings. The summed E-state index contributed by atoms with van der Waals surface area (Å²) in [4.78, 5) is 29.3. The van der Waals surface area contributed by atoms with E-state index in [0.29, 0.717) is 27.2 Å². The van der Waals surface area contributed by atoms with E-state index in [-0.39, 0.29) is 17.2 Å². The minimum Gasteiger partial charge on any atom is -0.285 e. The lowest BCUT2D eigenvalue weighted by Crippen LogP contribution is -2.21. The van der Waals surface area contributed by atoms with Crippen LogP contribution in [0, 0.1) is 0 Å². The van der Waals surface area contributed by atoms with Crippen molar-refractivity contribution in [1.29, 1.82) is 0 Å². The molecule has 0 saturated carbocycles. The van der Waals surface area contributed by atoms with Gasteiger partial charge in [-0.05, 0) is 24.3 Å². The van der Waals surface area contributed by atoms with E-state index in [0.717, 1.165) is 0 Å². The topological polar surface area (TPSA) is 52.0 Å². The fourth-order valence-electron chi connectivity index (χ4n) is 2.54. The third-order valence-electron chi connectivity index (χ3n) is 3.43. The van der Waals surface area contributed by atoms with Crippen molar-refractivity contribution in [2.45, 2.75) is 0 Å². The third-order valence-corrected chi connectivity index (χ3v) is 3.74. The van der Waals surface area contributed by atoms with Crippen LogP contribution in [0.2, 0.25) is 5.02 Å². The number of nitrogens with zero attached hydrogens (tertiary/aromatic N) is 2. The van der Waals surface area contributed by atoms with Crippen LogP contribution < -0.4 is 5.56 Å². The highest BCUT2D eigenvalue weighted by atomic mass is 35.5. The summed E-state index contributed by atoms with van der Waals surface area (Å²) >= 11 is 6.15. The van der Waals surface area contributed by atoms with Crippen LogP contribution in [-0.2, 0) is 0 Å². The van der Waals surface area contributed by atoms with Gasteiger partial charge in [0.1, 0.15) is 0 Å². The Bertz CT molecular complexity index is 960. The molecule has 0 fully saturated rings. The number of benzene rings is 2. The van der Waals surface area contributed by atoms with Gasteiger partial charge in [0.15, 0.2) is 5.82 Å². The van der Waals surface area contributed by atoms with Crippen LogP contribution >= 0.6 is 11.6 Å². The normalized spacial score (nSPS) is 12.6. The molecule has 1 aromatic heterocycles. The van der Waals surface area contributed by atoms with Gasteiger partial charge in [-0.1, -0.05) is 29.8 Å². The molecule has 2 aromatic carbocycles. The quantitative estimate of drug-likeness (QED) is 0.498. The van der Waals surface area contributed by atoms with Crippen molar-refractivity contribution in [2.24, 2.45) is 0 Å². The van der Waals surface area contributed by atoms with Crippen LogP contribution in [0.3, 0.4) is 0 Å². The summed E-state index contributed by atoms with van der Waals surface area (Å²) in [7, 11) is 0. The molecular weight excluding hydrogens is 276 g/mol. The van der Waals surface area contributed by atoms with Gasteiger partial charge in [-0.25, -0.2) is 4.98 Å². The first-order valence-electron chi connectivity index (χ1n) is 6.04. The molecule has 20 heavy (non-hydrogen) atoms. The number of fused-ring (bicyclic) bond motifs is 4. The van der Waals surface area contributed by atoms with Crippen LogP contribution in [0.1, 0.15) is 16.2 Å². The zero-order valence-corrected chi connectivity index (χ0v) is 10.9. The van der Waals surface area contributed by atoms with E-state index in [4.69, 9.17) is 11.6 Å². The molecule has 1 aliphatic rings. The minimum atomic E-state index is -0.273. The van der Waals surface area contributed by atoms with Crippen molar-refractivity contribution >= 4 is 28.3 Å². The van der Waals surface area contributed by atoms with Crippen LogP contribution in [0.5, 0.6) is 0 Å². The summed E-state index contributed by atoms with van der Waals surface area (Å²) in [5.41, 5.74) is 1.08. The second-order valence-corrected chi connectivity index (χ2v) is 4.97. The van der Waals surface area contributed by atoms with E-state index in [2.05, 4.69) is 4.98 Å². The first-order chi connectivity index (χ1) is 9.68. The maximum Gasteiger partial charge on any atom is 0.266 e. The predicted octanol–water partition coefficient (Wildman–Crippen LogP) is 2.58. The van der Waals surface area contributed by atoms with Gasteiger partial charge >= 0.3 is 0 Å². The van der Waals surface area contributed by atoms with Crippen molar-refractivity contribution in [1.82, 2.24) is 9.55 Å². The molecule has 4 rings (SSSR count). The van der Waals surface area contributed by atoms with Gasteiger partial charge in [-0.2, -0.15) is 0 Å². The van der Waals surface area contributed by atoms with Crippen LogP contribution in [0.25, 0.3) is 16.6 Å². The molecule has 0 N–H and O–H groups in total. The largest absolute Gasteiger partial charge is 0.285 e. The lowest BCUT2D eigenvalue weighted by Gasteiger charge is -2.06. The number of para-hydroxylation sites is 2. The molecule has 0 bridgehead atoms. The molecule has 4 nitrogen and oxygen atoms in total. The molecule has 0 radical (unpaired) electrons. The zero-order valence-electron chi connectivity index (χ0n) is 10.1.